The van der Waals surface area contributed by atoms with Crippen LogP contribution in [-0.4, -0.2) is 9.13 Å². The molecule has 0 radical (unpaired) electrons. The number of aromatic nitrogens is 2. The number of benzene rings is 13. The fraction of sp³-hybridized carbons (Fsp3) is 0. The Bertz CT molecular complexity index is 5350. The molecular formula is C78H48N2O2. The Morgan fingerprint density at radius 1 is 0.195 bits per heavy atom. The van der Waals surface area contributed by atoms with E-state index in [1.54, 1.807) is 0 Å². The summed E-state index contributed by atoms with van der Waals surface area (Å²) in [6.45, 7) is 0. The monoisotopic (exact) mass is 1040 g/mol. The summed E-state index contributed by atoms with van der Waals surface area (Å²) >= 11 is 0. The smallest absolute Gasteiger partial charge is 0.136 e. The Labute approximate surface area is 472 Å². The first-order valence-electron chi connectivity index (χ1n) is 28.0. The molecule has 0 atom stereocenters. The third-order valence-corrected chi connectivity index (χ3v) is 16.9. The molecule has 0 aliphatic heterocycles. The Hall–Kier alpha value is -10.9. The Balaban J connectivity index is 0.708. The lowest BCUT2D eigenvalue weighted by atomic mass is 9.93. The highest BCUT2D eigenvalue weighted by Gasteiger charge is 2.20. The molecule has 0 spiro atoms. The van der Waals surface area contributed by atoms with E-state index in [1.165, 1.54) is 54.8 Å². The van der Waals surface area contributed by atoms with Gasteiger partial charge in [-0.3, -0.25) is 0 Å². The van der Waals surface area contributed by atoms with Crippen molar-refractivity contribution in [3.63, 3.8) is 0 Å². The molecule has 0 unspecified atom stereocenters. The number of fused-ring (bicyclic) bond motifs is 12. The number of rotatable bonds is 8. The van der Waals surface area contributed by atoms with Crippen LogP contribution in [0.1, 0.15) is 0 Å². The molecule has 0 amide bonds. The van der Waals surface area contributed by atoms with Crippen LogP contribution in [0.15, 0.2) is 300 Å². The predicted octanol–water partition coefficient (Wildman–Crippen LogP) is 21.7. The second kappa shape index (κ2) is 18.3. The second-order valence-electron chi connectivity index (χ2n) is 21.6. The van der Waals surface area contributed by atoms with E-state index >= 15 is 0 Å². The van der Waals surface area contributed by atoms with E-state index in [4.69, 9.17) is 8.83 Å². The molecule has 382 valence electrons. The van der Waals surface area contributed by atoms with Crippen LogP contribution in [0.4, 0.5) is 0 Å². The van der Waals surface area contributed by atoms with Crippen molar-refractivity contribution in [3.05, 3.63) is 291 Å². The summed E-state index contributed by atoms with van der Waals surface area (Å²) < 4.78 is 17.7. The molecule has 17 aromatic rings. The van der Waals surface area contributed by atoms with E-state index in [-0.39, 0.29) is 0 Å². The maximum atomic E-state index is 6.71. The van der Waals surface area contributed by atoms with Crippen molar-refractivity contribution < 1.29 is 8.83 Å². The number of hydrogen-bond acceptors (Lipinski definition) is 2. The molecule has 0 N–H and O–H groups in total. The second-order valence-corrected chi connectivity index (χ2v) is 21.6. The average molecular weight is 1050 g/mol. The maximum absolute atomic E-state index is 6.71. The molecule has 4 heteroatoms. The van der Waals surface area contributed by atoms with Gasteiger partial charge in [0.2, 0.25) is 0 Å². The van der Waals surface area contributed by atoms with Gasteiger partial charge >= 0.3 is 0 Å². The Morgan fingerprint density at radius 2 is 0.622 bits per heavy atom. The van der Waals surface area contributed by atoms with Gasteiger partial charge in [-0.1, -0.05) is 176 Å². The molecule has 17 rings (SSSR count). The highest BCUT2D eigenvalue weighted by atomic mass is 16.3. The molecule has 82 heavy (non-hydrogen) atoms. The summed E-state index contributed by atoms with van der Waals surface area (Å²) in [7, 11) is 0. The number of nitrogens with zero attached hydrogens (tertiary/aromatic N) is 2. The lowest BCUT2D eigenvalue weighted by Gasteiger charge is -2.13. The molecule has 0 aliphatic carbocycles. The molecule has 4 aromatic heterocycles. The van der Waals surface area contributed by atoms with Gasteiger partial charge in [-0.2, -0.15) is 0 Å². The summed E-state index contributed by atoms with van der Waals surface area (Å²) in [6, 6.07) is 106. The number of para-hydroxylation sites is 4. The zero-order valence-corrected chi connectivity index (χ0v) is 44.4. The van der Waals surface area contributed by atoms with Gasteiger partial charge in [-0.15, -0.1) is 0 Å². The van der Waals surface area contributed by atoms with Crippen molar-refractivity contribution in [2.75, 3.05) is 0 Å². The van der Waals surface area contributed by atoms with Gasteiger partial charge in [0.05, 0.1) is 22.1 Å². The summed E-state index contributed by atoms with van der Waals surface area (Å²) in [5.41, 5.74) is 24.4. The molecule has 0 saturated carbocycles. The van der Waals surface area contributed by atoms with E-state index in [9.17, 15) is 0 Å². The number of furan rings is 2. The van der Waals surface area contributed by atoms with Crippen molar-refractivity contribution in [1.82, 2.24) is 9.13 Å². The summed E-state index contributed by atoms with van der Waals surface area (Å²) in [5.74, 6) is 0. The number of hydrogen-bond donors (Lipinski definition) is 0. The molecule has 4 nitrogen and oxygen atoms in total. The molecule has 0 saturated heterocycles. The fourth-order valence-electron chi connectivity index (χ4n) is 13.0. The topological polar surface area (TPSA) is 36.1 Å². The van der Waals surface area contributed by atoms with E-state index in [2.05, 4.69) is 288 Å². The van der Waals surface area contributed by atoms with E-state index in [0.29, 0.717) is 0 Å². The largest absolute Gasteiger partial charge is 0.456 e. The van der Waals surface area contributed by atoms with Gasteiger partial charge in [0.1, 0.15) is 22.3 Å². The van der Waals surface area contributed by atoms with Gasteiger partial charge in [0, 0.05) is 54.5 Å². The highest BCUT2D eigenvalue weighted by molar-refractivity contribution is 6.17. The lowest BCUT2D eigenvalue weighted by molar-refractivity contribution is 0.668. The zero-order chi connectivity index (χ0) is 53.8. The van der Waals surface area contributed by atoms with Crippen LogP contribution in [0.2, 0.25) is 0 Å². The van der Waals surface area contributed by atoms with Gasteiger partial charge in [0.25, 0.3) is 0 Å². The molecule has 0 aliphatic rings. The van der Waals surface area contributed by atoms with Crippen molar-refractivity contribution >= 4 is 87.5 Å². The van der Waals surface area contributed by atoms with Crippen molar-refractivity contribution in [1.29, 1.82) is 0 Å². The molecule has 0 bridgehead atoms. The Morgan fingerprint density at radius 3 is 1.32 bits per heavy atom. The fourth-order valence-corrected chi connectivity index (χ4v) is 13.0. The zero-order valence-electron chi connectivity index (χ0n) is 44.4. The maximum Gasteiger partial charge on any atom is 0.136 e. The van der Waals surface area contributed by atoms with Crippen LogP contribution < -0.4 is 0 Å². The first kappa shape index (κ1) is 46.0. The van der Waals surface area contributed by atoms with Crippen LogP contribution in [0.5, 0.6) is 0 Å². The van der Waals surface area contributed by atoms with Crippen LogP contribution in [0, 0.1) is 0 Å². The average Bonchev–Trinajstić information content (AvgIpc) is 3.24. The van der Waals surface area contributed by atoms with Crippen molar-refractivity contribution in [3.8, 4) is 78.1 Å². The highest BCUT2D eigenvalue weighted by Crippen LogP contribution is 2.43. The molecular weight excluding hydrogens is 997 g/mol. The SMILES string of the molecule is c1ccc(-c2cc(-c3ccc(-n4c5ccccc5c5c(-c6ccc7c(c6)oc6ccc(-c8cccc(-c9cccc(-n%10c%11ccccc%11c%11ccccc%11%10)c9)c8)cc67)cccc54)cc3)cc(-c3ccc4oc5ccccc5c4c3)c2)cc1. The third-order valence-electron chi connectivity index (χ3n) is 16.9. The lowest BCUT2D eigenvalue weighted by Crippen LogP contribution is -1.94. The minimum atomic E-state index is 0.867. The minimum absolute atomic E-state index is 0.867. The van der Waals surface area contributed by atoms with Gasteiger partial charge in [0.15, 0.2) is 0 Å². The van der Waals surface area contributed by atoms with Crippen LogP contribution in [-0.2, 0) is 0 Å². The van der Waals surface area contributed by atoms with Crippen LogP contribution >= 0.6 is 0 Å². The van der Waals surface area contributed by atoms with Crippen molar-refractivity contribution in [2.45, 2.75) is 0 Å². The van der Waals surface area contributed by atoms with Gasteiger partial charge in [-0.25, -0.2) is 0 Å². The molecule has 0 fully saturated rings. The molecule has 4 heterocycles. The summed E-state index contributed by atoms with van der Waals surface area (Å²) in [5, 5.41) is 9.38. The summed E-state index contributed by atoms with van der Waals surface area (Å²) in [6.07, 6.45) is 0. The minimum Gasteiger partial charge on any atom is -0.456 e. The first-order chi connectivity index (χ1) is 40.6. The van der Waals surface area contributed by atoms with E-state index in [1.807, 2.05) is 12.1 Å². The normalized spacial score (nSPS) is 11.9. The standard InChI is InChI=1S/C78H48N2O2/c1-2-15-49(16-3-1)57-42-58(44-59(43-57)55-35-40-75-68(47-55)65-23-7-11-30-74(65)81-75)50-31-36-60(37-32-50)79-72-28-10-6-24-67(72)78-62(25-14-29-73(78)79)56-33-38-66-69-46-54(34-39-76(69)82-77(66)48-56)52-18-12-17-51(41-52)53-19-13-20-61(45-53)80-70-26-8-4-21-63(70)64-22-5-9-27-71(64)80/h1-48H. The van der Waals surface area contributed by atoms with Gasteiger partial charge < -0.3 is 18.0 Å². The van der Waals surface area contributed by atoms with Gasteiger partial charge in [-0.05, 0) is 182 Å². The predicted molar refractivity (Wildman–Crippen MR) is 342 cm³/mol. The van der Waals surface area contributed by atoms with Crippen LogP contribution in [0.3, 0.4) is 0 Å². The third kappa shape index (κ3) is 7.39. The van der Waals surface area contributed by atoms with E-state index in [0.717, 1.165) is 111 Å². The van der Waals surface area contributed by atoms with E-state index < -0.39 is 0 Å². The quantitative estimate of drug-likeness (QED) is 0.152. The Kier molecular flexibility index (Phi) is 10.3. The van der Waals surface area contributed by atoms with Crippen LogP contribution in [0.25, 0.3) is 166 Å². The summed E-state index contributed by atoms with van der Waals surface area (Å²) in [4.78, 5) is 0. The van der Waals surface area contributed by atoms with Crippen molar-refractivity contribution in [2.24, 2.45) is 0 Å². The first-order valence-corrected chi connectivity index (χ1v) is 28.0. The molecule has 13 aromatic carbocycles.